The zero-order valence-corrected chi connectivity index (χ0v) is 29.4. The molecular formula is C37H39N9O7. The summed E-state index contributed by atoms with van der Waals surface area (Å²) in [5.74, 6) is 1.66. The Hall–Kier alpha value is -6.44. The van der Waals surface area contributed by atoms with Crippen LogP contribution in [0.5, 0.6) is 23.0 Å². The molecule has 274 valence electrons. The van der Waals surface area contributed by atoms with Gasteiger partial charge >= 0.3 is 0 Å². The van der Waals surface area contributed by atoms with Gasteiger partial charge in [-0.3, -0.25) is 10.2 Å². The van der Waals surface area contributed by atoms with Crippen LogP contribution >= 0.6 is 0 Å². The van der Waals surface area contributed by atoms with Crippen LogP contribution in [0.1, 0.15) is 40.3 Å². The van der Waals surface area contributed by atoms with E-state index in [1.165, 1.54) is 21.3 Å². The third kappa shape index (κ3) is 8.72. The third-order valence-corrected chi connectivity index (χ3v) is 8.56. The van der Waals surface area contributed by atoms with E-state index in [2.05, 4.69) is 30.9 Å². The van der Waals surface area contributed by atoms with Gasteiger partial charge in [0.25, 0.3) is 5.91 Å². The highest BCUT2D eigenvalue weighted by molar-refractivity contribution is 6.01. The quantitative estimate of drug-likeness (QED) is 0.0336. The van der Waals surface area contributed by atoms with Gasteiger partial charge in [0.15, 0.2) is 11.6 Å². The van der Waals surface area contributed by atoms with Crippen molar-refractivity contribution in [2.24, 2.45) is 15.2 Å². The molecule has 0 aliphatic carbocycles. The molecular weight excluding hydrogens is 682 g/mol. The molecule has 16 nitrogen and oxygen atoms in total. The van der Waals surface area contributed by atoms with Crippen molar-refractivity contribution in [3.63, 3.8) is 0 Å². The van der Waals surface area contributed by atoms with Gasteiger partial charge < -0.3 is 28.8 Å². The first-order chi connectivity index (χ1) is 25.9. The van der Waals surface area contributed by atoms with E-state index in [1.807, 2.05) is 0 Å². The number of hydrazine groups is 1. The second kappa shape index (κ2) is 18.2. The van der Waals surface area contributed by atoms with Crippen LogP contribution in [0.2, 0.25) is 0 Å². The van der Waals surface area contributed by atoms with Crippen molar-refractivity contribution in [1.82, 2.24) is 10.9 Å². The van der Waals surface area contributed by atoms with E-state index in [1.54, 1.807) is 84.9 Å². The van der Waals surface area contributed by atoms with Gasteiger partial charge in [-0.25, -0.2) is 10.4 Å². The third-order valence-electron chi connectivity index (χ3n) is 8.56. The maximum Gasteiger partial charge on any atom is 0.266 e. The molecule has 0 bridgehead atoms. The summed E-state index contributed by atoms with van der Waals surface area (Å²) in [5, 5.41) is 16.8. The average Bonchev–Trinajstić information content (AvgIpc) is 3.58. The van der Waals surface area contributed by atoms with E-state index >= 15 is 0 Å². The van der Waals surface area contributed by atoms with E-state index in [0.29, 0.717) is 69.5 Å². The number of nitrogens with zero attached hydrogens (tertiary/aromatic N) is 7. The first kappa shape index (κ1) is 37.8. The molecule has 0 saturated heterocycles. The number of carbonyl (C=O) groups is 1. The molecule has 3 N–H and O–H groups in total. The minimum atomic E-state index is -1.71. The summed E-state index contributed by atoms with van der Waals surface area (Å²) >= 11 is 0. The Morgan fingerprint density at radius 1 is 0.925 bits per heavy atom. The van der Waals surface area contributed by atoms with Gasteiger partial charge in [0.1, 0.15) is 23.0 Å². The first-order valence-corrected chi connectivity index (χ1v) is 16.6. The zero-order valence-electron chi connectivity index (χ0n) is 29.4. The van der Waals surface area contributed by atoms with E-state index < -0.39 is 17.6 Å². The summed E-state index contributed by atoms with van der Waals surface area (Å²) in [4.78, 5) is 25.8. The molecule has 53 heavy (non-hydrogen) atoms. The molecule has 5 rings (SSSR count). The van der Waals surface area contributed by atoms with Crippen LogP contribution in [-0.4, -0.2) is 57.0 Å². The first-order valence-electron chi connectivity index (χ1n) is 16.6. The fourth-order valence-corrected chi connectivity index (χ4v) is 5.97. The second-order valence-electron chi connectivity index (χ2n) is 11.7. The molecule has 0 fully saturated rings. The van der Waals surface area contributed by atoms with Crippen molar-refractivity contribution in [2.45, 2.75) is 37.6 Å². The molecule has 16 heteroatoms. The Morgan fingerprint density at radius 2 is 1.62 bits per heavy atom. The summed E-state index contributed by atoms with van der Waals surface area (Å²) in [6.07, 6.45) is -0.624. The van der Waals surface area contributed by atoms with Gasteiger partial charge in [-0.15, -0.1) is 0 Å². The molecule has 0 aromatic heterocycles. The van der Waals surface area contributed by atoms with Crippen molar-refractivity contribution in [3.8, 4) is 23.0 Å². The van der Waals surface area contributed by atoms with Gasteiger partial charge in [-0.1, -0.05) is 58.8 Å². The van der Waals surface area contributed by atoms with Crippen LogP contribution in [0, 0.1) is 0 Å². The van der Waals surface area contributed by atoms with E-state index in [4.69, 9.17) is 33.8 Å². The second-order valence-corrected chi connectivity index (χ2v) is 11.7. The van der Waals surface area contributed by atoms with Crippen LogP contribution in [0.4, 0.5) is 5.69 Å². The number of nitrogens with one attached hydrogen (secondary N) is 2. The van der Waals surface area contributed by atoms with E-state index in [0.717, 1.165) is 0 Å². The van der Waals surface area contributed by atoms with E-state index in [-0.39, 0.29) is 32.0 Å². The summed E-state index contributed by atoms with van der Waals surface area (Å²) in [7, 11) is 4.57. The largest absolute Gasteiger partial charge is 0.496 e. The number of aliphatic hydroxyl groups is 1. The lowest BCUT2D eigenvalue weighted by Gasteiger charge is -2.32. The van der Waals surface area contributed by atoms with Crippen LogP contribution in [-0.2, 0) is 29.0 Å². The lowest BCUT2D eigenvalue weighted by atomic mass is 9.80. The average molecular weight is 722 g/mol. The van der Waals surface area contributed by atoms with Crippen molar-refractivity contribution in [3.05, 3.63) is 134 Å². The van der Waals surface area contributed by atoms with Crippen LogP contribution < -0.4 is 29.8 Å². The Balaban J connectivity index is 1.61. The normalized spacial score (nSPS) is 15.9. The lowest BCUT2D eigenvalue weighted by molar-refractivity contribution is -0.130. The lowest BCUT2D eigenvalue weighted by Crippen LogP contribution is -2.53. The molecule has 4 aromatic rings. The molecule has 0 spiro atoms. The van der Waals surface area contributed by atoms with Crippen LogP contribution in [0.25, 0.3) is 20.9 Å². The zero-order chi connectivity index (χ0) is 37.6. The molecule has 2 atom stereocenters. The van der Waals surface area contributed by atoms with E-state index in [9.17, 15) is 15.9 Å². The Bertz CT molecular complexity index is 2000. The fraction of sp³-hybridized carbons (Fsp3) is 0.297. The van der Waals surface area contributed by atoms with Gasteiger partial charge in [-0.2, -0.15) is 0 Å². The number of hydrogen-bond donors (Lipinski definition) is 3. The molecule has 0 radical (unpaired) electrons. The van der Waals surface area contributed by atoms with Crippen LogP contribution in [0.15, 0.2) is 100 Å². The van der Waals surface area contributed by atoms with Gasteiger partial charge in [0, 0.05) is 59.2 Å². The number of aliphatic hydroxyl groups excluding tert-OH is 1. The number of carbonyl (C=O) groups excluding carboxylic acids is 1. The smallest absolute Gasteiger partial charge is 0.266 e. The number of benzene rings is 4. The van der Waals surface area contributed by atoms with Crippen molar-refractivity contribution in [1.29, 1.82) is 0 Å². The minimum Gasteiger partial charge on any atom is -0.496 e. The standard InChI is InChI=1S/C37H39N9O7/c1-49-28-19-32(50-2)30(33(20-28)51-3)23-40-44-36(48)37(21-25-9-5-7-12-31(25)43-46-39)34(29-11-6-4-10-26(29)22-41-45-38)53-35(42-37)24-13-15-27(16-14-24)52-18-8-17-47/h4-7,9-16,19-20,34,40,47H,8,17-18,21-23H2,1-3H3,(H,44,48)/t34-,37-/m0/s1. The fourth-order valence-electron chi connectivity index (χ4n) is 5.97. The maximum absolute atomic E-state index is 14.9. The van der Waals surface area contributed by atoms with Gasteiger partial charge in [0.05, 0.1) is 40.0 Å². The number of azide groups is 2. The predicted octanol–water partition coefficient (Wildman–Crippen LogP) is 6.55. The minimum absolute atomic E-state index is 0.00820. The highest BCUT2D eigenvalue weighted by atomic mass is 16.5. The van der Waals surface area contributed by atoms with Gasteiger partial charge in [-0.05, 0) is 52.0 Å². The molecule has 1 aliphatic rings. The number of ether oxygens (including phenoxy) is 5. The van der Waals surface area contributed by atoms with Crippen molar-refractivity contribution < 1.29 is 33.6 Å². The Labute approximate surface area is 305 Å². The highest BCUT2D eigenvalue weighted by Crippen LogP contribution is 2.45. The number of rotatable bonds is 18. The maximum atomic E-state index is 14.9. The summed E-state index contributed by atoms with van der Waals surface area (Å²) < 4.78 is 28.9. The monoisotopic (exact) mass is 721 g/mol. The number of aliphatic imine (C=N–C) groups is 1. The SMILES string of the molecule is COc1cc(OC)c(CNNC(=O)[C@@]2(Cc3ccccc3N=[N+]=[N-])N=C(c3ccc(OCCCO)cc3)O[C@H]2c2ccccc2CN=[N+]=[N-])c(OC)c1. The Morgan fingerprint density at radius 3 is 2.28 bits per heavy atom. The number of methoxy groups -OCH3 is 3. The molecule has 0 saturated carbocycles. The topological polar surface area (TPSA) is 217 Å². The highest BCUT2D eigenvalue weighted by Gasteiger charge is 2.54. The molecule has 1 heterocycles. The summed E-state index contributed by atoms with van der Waals surface area (Å²) in [6, 6.07) is 24.5. The number of hydrogen-bond acceptors (Lipinski definition) is 11. The molecule has 1 amide bonds. The summed E-state index contributed by atoms with van der Waals surface area (Å²) in [6.45, 7) is 0.422. The van der Waals surface area contributed by atoms with Crippen molar-refractivity contribution in [2.75, 3.05) is 34.5 Å². The van der Waals surface area contributed by atoms with Gasteiger partial charge in [0.2, 0.25) is 5.90 Å². The van der Waals surface area contributed by atoms with Crippen molar-refractivity contribution >= 4 is 17.5 Å². The Kier molecular flexibility index (Phi) is 13.0. The predicted molar refractivity (Wildman–Crippen MR) is 196 cm³/mol. The molecule has 0 unspecified atom stereocenters. The molecule has 1 aliphatic heterocycles. The summed E-state index contributed by atoms with van der Waals surface area (Å²) in [5.41, 5.74) is 25.9. The van der Waals surface area contributed by atoms with Crippen LogP contribution in [0.3, 0.4) is 0 Å². The molecule has 4 aromatic carbocycles. The number of amides is 1.